The Morgan fingerprint density at radius 3 is 2.69 bits per heavy atom. The van der Waals surface area contributed by atoms with Gasteiger partial charge in [-0.1, -0.05) is 29.8 Å². The minimum Gasteiger partial charge on any atom is -0.375 e. The van der Waals surface area contributed by atoms with Crippen LogP contribution in [0.5, 0.6) is 0 Å². The second kappa shape index (κ2) is 10.5. The number of aryl methyl sites for hydroxylation is 1. The fraction of sp³-hybridized carbons (Fsp3) is 0.455. The molecule has 156 valence electrons. The number of hydrogen-bond donors (Lipinski definition) is 2. The smallest absolute Gasteiger partial charge is 0.191 e. The van der Waals surface area contributed by atoms with E-state index in [-0.39, 0.29) is 6.10 Å². The van der Waals surface area contributed by atoms with Gasteiger partial charge in [-0.05, 0) is 49.6 Å². The summed E-state index contributed by atoms with van der Waals surface area (Å²) in [6, 6.07) is 14.3. The lowest BCUT2D eigenvalue weighted by Gasteiger charge is -2.34. The first-order valence-electron chi connectivity index (χ1n) is 10.0. The molecular formula is C22H30ClN5O. The first-order chi connectivity index (χ1) is 14.1. The molecule has 2 heterocycles. The Morgan fingerprint density at radius 1 is 1.28 bits per heavy atom. The van der Waals surface area contributed by atoms with Crippen molar-refractivity contribution in [2.24, 2.45) is 4.99 Å². The Morgan fingerprint density at radius 2 is 2.03 bits per heavy atom. The van der Waals surface area contributed by atoms with Crippen LogP contribution in [-0.2, 0) is 4.74 Å². The summed E-state index contributed by atoms with van der Waals surface area (Å²) in [7, 11) is 3.50. The molecule has 2 N–H and O–H groups in total. The average Bonchev–Trinajstić information content (AvgIpc) is 2.74. The SMILES string of the molecule is CN=C(NCC(OC)c1cccc(Cl)c1)NC1CCN(c2cccc(C)n2)CC1. The molecule has 1 aromatic carbocycles. The van der Waals surface area contributed by atoms with Gasteiger partial charge in [0, 0.05) is 50.6 Å². The largest absolute Gasteiger partial charge is 0.375 e. The lowest BCUT2D eigenvalue weighted by Crippen LogP contribution is -2.49. The van der Waals surface area contributed by atoms with Gasteiger partial charge in [-0.15, -0.1) is 0 Å². The molecule has 0 aliphatic carbocycles. The number of aromatic nitrogens is 1. The number of nitrogens with one attached hydrogen (secondary N) is 2. The molecule has 0 spiro atoms. The molecular weight excluding hydrogens is 386 g/mol. The monoisotopic (exact) mass is 415 g/mol. The number of ether oxygens (including phenoxy) is 1. The third kappa shape index (κ3) is 6.08. The van der Waals surface area contributed by atoms with E-state index < -0.39 is 0 Å². The van der Waals surface area contributed by atoms with Crippen LogP contribution in [0.1, 0.15) is 30.2 Å². The highest BCUT2D eigenvalue weighted by molar-refractivity contribution is 6.30. The molecule has 1 atom stereocenters. The summed E-state index contributed by atoms with van der Waals surface area (Å²) in [5.41, 5.74) is 2.10. The average molecular weight is 416 g/mol. The van der Waals surface area contributed by atoms with Crippen molar-refractivity contribution in [2.75, 3.05) is 38.7 Å². The first-order valence-corrected chi connectivity index (χ1v) is 10.4. The molecule has 1 saturated heterocycles. The van der Waals surface area contributed by atoms with Gasteiger partial charge in [0.1, 0.15) is 5.82 Å². The molecule has 0 amide bonds. The molecule has 1 aromatic heterocycles. The Bertz CT molecular complexity index is 820. The normalized spacial score (nSPS) is 16.6. The second-order valence-electron chi connectivity index (χ2n) is 7.28. The third-order valence-corrected chi connectivity index (χ3v) is 5.45. The molecule has 29 heavy (non-hydrogen) atoms. The van der Waals surface area contributed by atoms with Crippen molar-refractivity contribution in [3.05, 3.63) is 58.7 Å². The van der Waals surface area contributed by atoms with Gasteiger partial charge >= 0.3 is 0 Å². The fourth-order valence-corrected chi connectivity index (χ4v) is 3.78. The molecule has 3 rings (SSSR count). The lowest BCUT2D eigenvalue weighted by molar-refractivity contribution is 0.106. The van der Waals surface area contributed by atoms with Crippen LogP contribution in [0.15, 0.2) is 47.5 Å². The predicted octanol–water partition coefficient (Wildman–Crippen LogP) is 3.56. The number of halogens is 1. The van der Waals surface area contributed by atoms with E-state index in [4.69, 9.17) is 16.3 Å². The van der Waals surface area contributed by atoms with Gasteiger partial charge in [0.2, 0.25) is 0 Å². The van der Waals surface area contributed by atoms with Crippen LogP contribution >= 0.6 is 11.6 Å². The molecule has 7 heteroatoms. The van der Waals surface area contributed by atoms with E-state index in [1.807, 2.05) is 37.3 Å². The third-order valence-electron chi connectivity index (χ3n) is 5.22. The number of rotatable bonds is 6. The standard InChI is InChI=1S/C22H30ClN5O/c1-16-6-4-9-21(26-16)28-12-10-19(11-13-28)27-22(24-2)25-15-20(29-3)17-7-5-8-18(23)14-17/h4-9,14,19-20H,10-13,15H2,1-3H3,(H2,24,25,27). The summed E-state index contributed by atoms with van der Waals surface area (Å²) in [5, 5.41) is 7.63. The van der Waals surface area contributed by atoms with Crippen molar-refractivity contribution < 1.29 is 4.74 Å². The molecule has 1 fully saturated rings. The summed E-state index contributed by atoms with van der Waals surface area (Å²) >= 11 is 6.11. The number of pyridine rings is 1. The summed E-state index contributed by atoms with van der Waals surface area (Å²) in [6.07, 6.45) is 1.98. The number of nitrogens with zero attached hydrogens (tertiary/aromatic N) is 3. The predicted molar refractivity (Wildman–Crippen MR) is 120 cm³/mol. The van der Waals surface area contributed by atoms with Gasteiger partial charge in [-0.25, -0.2) is 4.98 Å². The zero-order chi connectivity index (χ0) is 20.6. The highest BCUT2D eigenvalue weighted by Gasteiger charge is 2.21. The van der Waals surface area contributed by atoms with Gasteiger partial charge < -0.3 is 20.3 Å². The maximum Gasteiger partial charge on any atom is 0.191 e. The van der Waals surface area contributed by atoms with Crippen molar-refractivity contribution in [3.63, 3.8) is 0 Å². The van der Waals surface area contributed by atoms with Gasteiger partial charge in [-0.3, -0.25) is 4.99 Å². The first kappa shape index (κ1) is 21.4. The molecule has 0 radical (unpaired) electrons. The molecule has 1 unspecified atom stereocenters. The topological polar surface area (TPSA) is 61.8 Å². The number of piperidine rings is 1. The van der Waals surface area contributed by atoms with E-state index in [9.17, 15) is 0 Å². The quantitative estimate of drug-likeness (QED) is 0.558. The maximum atomic E-state index is 6.11. The van der Waals surface area contributed by atoms with Gasteiger partial charge in [-0.2, -0.15) is 0 Å². The van der Waals surface area contributed by atoms with Crippen LogP contribution in [0, 0.1) is 6.92 Å². The van der Waals surface area contributed by atoms with E-state index in [0.29, 0.717) is 17.6 Å². The Kier molecular flexibility index (Phi) is 7.72. The highest BCUT2D eigenvalue weighted by atomic mass is 35.5. The van der Waals surface area contributed by atoms with Crippen molar-refractivity contribution in [2.45, 2.75) is 31.9 Å². The highest BCUT2D eigenvalue weighted by Crippen LogP contribution is 2.20. The van der Waals surface area contributed by atoms with Crippen molar-refractivity contribution >= 4 is 23.4 Å². The minimum atomic E-state index is -0.0958. The van der Waals surface area contributed by atoms with Gasteiger partial charge in [0.15, 0.2) is 5.96 Å². The van der Waals surface area contributed by atoms with Crippen LogP contribution in [-0.4, -0.2) is 50.8 Å². The Balaban J connectivity index is 1.49. The molecule has 6 nitrogen and oxygen atoms in total. The molecule has 0 bridgehead atoms. The van der Waals surface area contributed by atoms with E-state index in [1.54, 1.807) is 14.2 Å². The fourth-order valence-electron chi connectivity index (χ4n) is 3.58. The number of anilines is 1. The maximum absolute atomic E-state index is 6.11. The summed E-state index contributed by atoms with van der Waals surface area (Å²) in [4.78, 5) is 11.4. The summed E-state index contributed by atoms with van der Waals surface area (Å²) in [5.74, 6) is 1.86. The van der Waals surface area contributed by atoms with Crippen LogP contribution in [0.2, 0.25) is 5.02 Å². The molecule has 0 saturated carbocycles. The van der Waals surface area contributed by atoms with Gasteiger partial charge in [0.05, 0.1) is 6.10 Å². The second-order valence-corrected chi connectivity index (χ2v) is 7.71. The molecule has 1 aliphatic heterocycles. The Labute approximate surface area is 178 Å². The number of aliphatic imine (C=N–C) groups is 1. The number of hydrogen-bond acceptors (Lipinski definition) is 4. The van der Waals surface area contributed by atoms with E-state index >= 15 is 0 Å². The summed E-state index contributed by atoms with van der Waals surface area (Å²) in [6.45, 7) is 4.61. The minimum absolute atomic E-state index is 0.0958. The van der Waals surface area contributed by atoms with E-state index in [1.165, 1.54) is 0 Å². The molecule has 2 aromatic rings. The zero-order valence-electron chi connectivity index (χ0n) is 17.4. The number of benzene rings is 1. The molecule has 1 aliphatic rings. The van der Waals surface area contributed by atoms with Gasteiger partial charge in [0.25, 0.3) is 0 Å². The van der Waals surface area contributed by atoms with Crippen molar-refractivity contribution in [1.82, 2.24) is 15.6 Å². The van der Waals surface area contributed by atoms with Crippen LogP contribution in [0.25, 0.3) is 0 Å². The summed E-state index contributed by atoms with van der Waals surface area (Å²) < 4.78 is 5.63. The number of methoxy groups -OCH3 is 1. The van der Waals surface area contributed by atoms with Crippen LogP contribution in [0.4, 0.5) is 5.82 Å². The zero-order valence-corrected chi connectivity index (χ0v) is 18.1. The van der Waals surface area contributed by atoms with Crippen molar-refractivity contribution in [3.8, 4) is 0 Å². The van der Waals surface area contributed by atoms with E-state index in [2.05, 4.69) is 37.6 Å². The van der Waals surface area contributed by atoms with Crippen LogP contribution in [0.3, 0.4) is 0 Å². The Hall–Kier alpha value is -2.31. The van der Waals surface area contributed by atoms with Crippen molar-refractivity contribution in [1.29, 1.82) is 0 Å². The van der Waals surface area contributed by atoms with Crippen LogP contribution < -0.4 is 15.5 Å². The lowest BCUT2D eigenvalue weighted by atomic mass is 10.1. The number of guanidine groups is 1. The van der Waals surface area contributed by atoms with E-state index in [0.717, 1.165) is 49.0 Å².